The van der Waals surface area contributed by atoms with Crippen molar-refractivity contribution in [2.24, 2.45) is 0 Å². The predicted molar refractivity (Wildman–Crippen MR) is 94.0 cm³/mol. The minimum Gasteiger partial charge on any atom is -1.00 e. The summed E-state index contributed by atoms with van der Waals surface area (Å²) in [7, 11) is 0. The SMILES string of the molecule is CCCCCCC(O)(CCN1CCCCC1)c1ccccc1.[Cl-]. The van der Waals surface area contributed by atoms with Crippen molar-refractivity contribution in [2.45, 2.75) is 70.3 Å². The molecule has 2 nitrogen and oxygen atoms in total. The molecule has 0 bridgehead atoms. The monoisotopic (exact) mass is 338 g/mol. The van der Waals surface area contributed by atoms with Crippen LogP contribution in [0.3, 0.4) is 0 Å². The van der Waals surface area contributed by atoms with E-state index in [0.29, 0.717) is 0 Å². The molecular weight excluding hydrogens is 306 g/mol. The minimum atomic E-state index is -0.646. The lowest BCUT2D eigenvalue weighted by Gasteiger charge is -2.33. The minimum absolute atomic E-state index is 0. The van der Waals surface area contributed by atoms with Crippen molar-refractivity contribution in [1.29, 1.82) is 0 Å². The summed E-state index contributed by atoms with van der Waals surface area (Å²) in [4.78, 5) is 2.53. The predicted octanol–water partition coefficient (Wildman–Crippen LogP) is 1.72. The molecule has 1 aromatic carbocycles. The Morgan fingerprint density at radius 1 is 0.957 bits per heavy atom. The fraction of sp³-hybridized carbons (Fsp3) is 0.700. The molecule has 0 spiro atoms. The number of rotatable bonds is 9. The first-order valence-corrected chi connectivity index (χ1v) is 9.25. The summed E-state index contributed by atoms with van der Waals surface area (Å²) in [6.45, 7) is 5.68. The van der Waals surface area contributed by atoms with E-state index in [1.165, 1.54) is 51.6 Å². The Morgan fingerprint density at radius 2 is 1.65 bits per heavy atom. The zero-order valence-corrected chi connectivity index (χ0v) is 15.4. The van der Waals surface area contributed by atoms with Crippen LogP contribution in [-0.4, -0.2) is 29.6 Å². The smallest absolute Gasteiger partial charge is 0.0908 e. The van der Waals surface area contributed by atoms with Gasteiger partial charge in [0.25, 0.3) is 0 Å². The normalized spacial score (nSPS) is 18.2. The van der Waals surface area contributed by atoms with Crippen molar-refractivity contribution in [2.75, 3.05) is 19.6 Å². The molecule has 1 aromatic rings. The van der Waals surface area contributed by atoms with Gasteiger partial charge in [-0.3, -0.25) is 0 Å². The number of aliphatic hydroxyl groups is 1. The highest BCUT2D eigenvalue weighted by atomic mass is 35.5. The van der Waals surface area contributed by atoms with E-state index in [9.17, 15) is 5.11 Å². The average molecular weight is 339 g/mol. The first-order valence-electron chi connectivity index (χ1n) is 9.25. The van der Waals surface area contributed by atoms with Crippen LogP contribution in [0.1, 0.15) is 70.3 Å². The zero-order chi connectivity index (χ0) is 15.7. The van der Waals surface area contributed by atoms with Crippen LogP contribution in [0.4, 0.5) is 0 Å². The van der Waals surface area contributed by atoms with E-state index in [-0.39, 0.29) is 12.4 Å². The van der Waals surface area contributed by atoms with Gasteiger partial charge in [-0.1, -0.05) is 69.4 Å². The number of hydrogen-bond donors (Lipinski definition) is 1. The van der Waals surface area contributed by atoms with Crippen molar-refractivity contribution in [3.05, 3.63) is 35.9 Å². The molecule has 0 saturated carbocycles. The van der Waals surface area contributed by atoms with Crippen LogP contribution in [0.25, 0.3) is 0 Å². The summed E-state index contributed by atoms with van der Waals surface area (Å²) >= 11 is 0. The molecule has 1 fully saturated rings. The van der Waals surface area contributed by atoms with Gasteiger partial charge in [0, 0.05) is 6.54 Å². The standard InChI is InChI=1S/C20H33NO.ClH/c1-2-3-4-9-14-20(22,19-12-7-5-8-13-19)15-18-21-16-10-6-11-17-21;/h5,7-8,12-13,22H,2-4,6,9-11,14-18H2,1H3;1H/p-1. The Hall–Kier alpha value is -0.570. The van der Waals surface area contributed by atoms with E-state index < -0.39 is 5.60 Å². The van der Waals surface area contributed by atoms with Gasteiger partial charge in [0.2, 0.25) is 0 Å². The molecular formula is C20H33ClNO-. The number of likely N-dealkylation sites (tertiary alicyclic amines) is 1. The van der Waals surface area contributed by atoms with Gasteiger partial charge in [-0.05, 0) is 44.3 Å². The maximum Gasteiger partial charge on any atom is 0.0908 e. The topological polar surface area (TPSA) is 23.5 Å². The van der Waals surface area contributed by atoms with E-state index >= 15 is 0 Å². The van der Waals surface area contributed by atoms with Crippen LogP contribution in [0.2, 0.25) is 0 Å². The van der Waals surface area contributed by atoms with Crippen molar-refractivity contribution < 1.29 is 17.5 Å². The Bertz CT molecular complexity index is 405. The zero-order valence-electron chi connectivity index (χ0n) is 14.6. The Labute approximate surface area is 148 Å². The summed E-state index contributed by atoms with van der Waals surface area (Å²) in [6.07, 6.45) is 10.6. The molecule has 3 heteroatoms. The summed E-state index contributed by atoms with van der Waals surface area (Å²) < 4.78 is 0. The Balaban J connectivity index is 0.00000264. The lowest BCUT2D eigenvalue weighted by molar-refractivity contribution is -0.0000736. The number of benzene rings is 1. The molecule has 1 aliphatic rings. The van der Waals surface area contributed by atoms with Crippen LogP contribution in [0, 0.1) is 0 Å². The number of piperidine rings is 1. The van der Waals surface area contributed by atoms with Crippen LogP contribution in [0.15, 0.2) is 30.3 Å². The second-order valence-corrected chi connectivity index (χ2v) is 6.86. The van der Waals surface area contributed by atoms with Crippen molar-refractivity contribution in [3.63, 3.8) is 0 Å². The third-order valence-corrected chi connectivity index (χ3v) is 5.05. The molecule has 132 valence electrons. The van der Waals surface area contributed by atoms with Gasteiger partial charge in [0.15, 0.2) is 0 Å². The van der Waals surface area contributed by atoms with E-state index in [4.69, 9.17) is 0 Å². The largest absolute Gasteiger partial charge is 1.00 e. The molecule has 0 radical (unpaired) electrons. The van der Waals surface area contributed by atoms with Crippen molar-refractivity contribution >= 4 is 0 Å². The first kappa shape index (κ1) is 20.5. The van der Waals surface area contributed by atoms with Gasteiger partial charge < -0.3 is 22.4 Å². The third-order valence-electron chi connectivity index (χ3n) is 5.05. The molecule has 0 aliphatic carbocycles. The molecule has 1 atom stereocenters. The first-order chi connectivity index (χ1) is 10.7. The highest BCUT2D eigenvalue weighted by Gasteiger charge is 2.29. The van der Waals surface area contributed by atoms with E-state index in [1.54, 1.807) is 0 Å². The second kappa shape index (κ2) is 11.1. The van der Waals surface area contributed by atoms with Crippen LogP contribution in [0.5, 0.6) is 0 Å². The molecule has 1 heterocycles. The molecule has 1 saturated heterocycles. The van der Waals surface area contributed by atoms with Crippen LogP contribution < -0.4 is 12.4 Å². The second-order valence-electron chi connectivity index (χ2n) is 6.86. The van der Waals surface area contributed by atoms with Gasteiger partial charge >= 0.3 is 0 Å². The fourth-order valence-corrected chi connectivity index (χ4v) is 3.53. The van der Waals surface area contributed by atoms with Crippen molar-refractivity contribution in [3.8, 4) is 0 Å². The molecule has 1 N–H and O–H groups in total. The molecule has 2 rings (SSSR count). The Morgan fingerprint density at radius 3 is 2.30 bits per heavy atom. The average Bonchev–Trinajstić information content (AvgIpc) is 2.59. The Kier molecular flexibility index (Phi) is 9.85. The van der Waals surface area contributed by atoms with Crippen molar-refractivity contribution in [1.82, 2.24) is 4.90 Å². The number of hydrogen-bond acceptors (Lipinski definition) is 2. The highest BCUT2D eigenvalue weighted by Crippen LogP contribution is 2.31. The maximum atomic E-state index is 11.3. The van der Waals surface area contributed by atoms with Gasteiger partial charge in [0.05, 0.1) is 5.60 Å². The van der Waals surface area contributed by atoms with E-state index in [0.717, 1.165) is 31.4 Å². The number of halogens is 1. The van der Waals surface area contributed by atoms with Gasteiger partial charge in [-0.15, -0.1) is 0 Å². The molecule has 0 amide bonds. The summed E-state index contributed by atoms with van der Waals surface area (Å²) in [5.74, 6) is 0. The number of unbranched alkanes of at least 4 members (excludes halogenated alkanes) is 3. The quantitative estimate of drug-likeness (QED) is 0.693. The highest BCUT2D eigenvalue weighted by molar-refractivity contribution is 5.22. The molecule has 1 unspecified atom stereocenters. The van der Waals surface area contributed by atoms with Gasteiger partial charge in [0.1, 0.15) is 0 Å². The van der Waals surface area contributed by atoms with Gasteiger partial charge in [-0.25, -0.2) is 0 Å². The molecule has 23 heavy (non-hydrogen) atoms. The van der Waals surface area contributed by atoms with Crippen LogP contribution in [-0.2, 0) is 5.60 Å². The molecule has 1 aliphatic heterocycles. The van der Waals surface area contributed by atoms with Crippen LogP contribution >= 0.6 is 0 Å². The maximum absolute atomic E-state index is 11.3. The summed E-state index contributed by atoms with van der Waals surface area (Å²) in [6, 6.07) is 10.3. The van der Waals surface area contributed by atoms with Gasteiger partial charge in [-0.2, -0.15) is 0 Å². The molecule has 0 aromatic heterocycles. The fourth-order valence-electron chi connectivity index (χ4n) is 3.53. The third kappa shape index (κ3) is 6.82. The number of nitrogens with zero attached hydrogens (tertiary/aromatic N) is 1. The lowest BCUT2D eigenvalue weighted by atomic mass is 9.85. The van der Waals surface area contributed by atoms with E-state index in [1.807, 2.05) is 18.2 Å². The summed E-state index contributed by atoms with van der Waals surface area (Å²) in [5.41, 5.74) is 0.454. The van der Waals surface area contributed by atoms with E-state index in [2.05, 4.69) is 24.0 Å². The summed E-state index contributed by atoms with van der Waals surface area (Å²) in [5, 5.41) is 11.3. The lowest BCUT2D eigenvalue weighted by Crippen LogP contribution is -3.00.